The third-order valence-electron chi connectivity index (χ3n) is 4.75. The number of carbonyl (C=O) groups is 2. The number of hydrogen-bond donors (Lipinski definition) is 1. The lowest BCUT2D eigenvalue weighted by atomic mass is 9.95. The summed E-state index contributed by atoms with van der Waals surface area (Å²) in [7, 11) is 0. The maximum Gasteiger partial charge on any atom is 0.255 e. The van der Waals surface area contributed by atoms with Gasteiger partial charge >= 0.3 is 0 Å². The van der Waals surface area contributed by atoms with E-state index in [0.29, 0.717) is 16.8 Å². The molecule has 4 nitrogen and oxygen atoms in total. The summed E-state index contributed by atoms with van der Waals surface area (Å²) in [6.07, 6.45) is 0. The van der Waals surface area contributed by atoms with E-state index >= 15 is 0 Å². The summed E-state index contributed by atoms with van der Waals surface area (Å²) in [5, 5.41) is 2.82. The van der Waals surface area contributed by atoms with Gasteiger partial charge in [-0.2, -0.15) is 0 Å². The predicted octanol–water partition coefficient (Wildman–Crippen LogP) is 4.91. The van der Waals surface area contributed by atoms with Gasteiger partial charge in [0.15, 0.2) is 0 Å². The van der Waals surface area contributed by atoms with E-state index in [4.69, 9.17) is 0 Å². The Labute approximate surface area is 174 Å². The predicted molar refractivity (Wildman–Crippen MR) is 108 cm³/mol. The molecule has 4 rings (SSSR count). The van der Waals surface area contributed by atoms with Gasteiger partial charge in [0, 0.05) is 21.3 Å². The smallest absolute Gasteiger partial charge is 0.255 e. The second-order valence-corrected chi connectivity index (χ2v) is 7.59. The van der Waals surface area contributed by atoms with E-state index in [1.807, 2.05) is 6.07 Å². The van der Waals surface area contributed by atoms with Gasteiger partial charge in [-0.3, -0.25) is 9.59 Å². The van der Waals surface area contributed by atoms with Crippen molar-refractivity contribution in [2.45, 2.75) is 6.04 Å². The molecule has 2 amide bonds. The van der Waals surface area contributed by atoms with Crippen LogP contribution in [-0.2, 0) is 4.79 Å². The molecule has 1 atom stereocenters. The zero-order valence-corrected chi connectivity index (χ0v) is 16.6. The number of rotatable bonds is 2. The highest BCUT2D eigenvalue weighted by Gasteiger charge is 2.34. The van der Waals surface area contributed by atoms with E-state index in [1.54, 1.807) is 24.3 Å². The summed E-state index contributed by atoms with van der Waals surface area (Å²) in [6.45, 7) is -0.204. The lowest BCUT2D eigenvalue weighted by Crippen LogP contribution is -2.39. The van der Waals surface area contributed by atoms with Crippen molar-refractivity contribution in [3.63, 3.8) is 0 Å². The minimum Gasteiger partial charge on any atom is -0.324 e. The van der Waals surface area contributed by atoms with E-state index in [0.717, 1.165) is 4.47 Å². The normalized spacial score (nSPS) is 16.0. The van der Waals surface area contributed by atoms with Crippen molar-refractivity contribution in [2.75, 3.05) is 11.9 Å². The average molecular weight is 457 g/mol. The fourth-order valence-electron chi connectivity index (χ4n) is 3.43. The summed E-state index contributed by atoms with van der Waals surface area (Å²) in [5.74, 6) is -1.64. The Kier molecular flexibility index (Phi) is 5.15. The molecule has 1 heterocycles. The fraction of sp³-hybridized carbons (Fsp3) is 0.0909. The number of nitrogens with zero attached hydrogens (tertiary/aromatic N) is 1. The number of benzene rings is 3. The Morgan fingerprint density at radius 1 is 0.966 bits per heavy atom. The third-order valence-corrected chi connectivity index (χ3v) is 5.24. The number of anilines is 1. The summed E-state index contributed by atoms with van der Waals surface area (Å²) < 4.78 is 27.6. The number of fused-ring (bicyclic) bond motifs is 1. The highest BCUT2D eigenvalue weighted by Crippen LogP contribution is 2.38. The molecule has 0 aliphatic carbocycles. The molecule has 0 saturated heterocycles. The molecule has 1 aliphatic heterocycles. The Morgan fingerprint density at radius 2 is 1.59 bits per heavy atom. The van der Waals surface area contributed by atoms with Crippen LogP contribution in [-0.4, -0.2) is 23.3 Å². The molecule has 0 aromatic heterocycles. The zero-order chi connectivity index (χ0) is 20.5. The number of nitrogens with one attached hydrogen (secondary N) is 1. The van der Waals surface area contributed by atoms with Gasteiger partial charge in [-0.15, -0.1) is 0 Å². The molecule has 7 heteroatoms. The molecule has 1 N–H and O–H groups in total. The lowest BCUT2D eigenvalue weighted by molar-refractivity contribution is -0.117. The summed E-state index contributed by atoms with van der Waals surface area (Å²) in [5.41, 5.74) is 2.16. The molecule has 3 aromatic carbocycles. The van der Waals surface area contributed by atoms with Gasteiger partial charge in [-0.1, -0.05) is 28.1 Å². The van der Waals surface area contributed by atoms with Gasteiger partial charge in [0.2, 0.25) is 5.91 Å². The molecular formula is C22H15BrF2N2O2. The van der Waals surface area contributed by atoms with Gasteiger partial charge in [0.25, 0.3) is 5.91 Å². The first-order valence-electron chi connectivity index (χ1n) is 8.83. The maximum atomic E-state index is 13.5. The molecule has 146 valence electrons. The second kappa shape index (κ2) is 7.75. The van der Waals surface area contributed by atoms with E-state index < -0.39 is 23.6 Å². The van der Waals surface area contributed by atoms with Gasteiger partial charge in [-0.05, 0) is 60.2 Å². The minimum absolute atomic E-state index is 0.204. The van der Waals surface area contributed by atoms with Crippen LogP contribution in [0.4, 0.5) is 14.5 Å². The largest absolute Gasteiger partial charge is 0.324 e. The first kappa shape index (κ1) is 19.3. The van der Waals surface area contributed by atoms with Crippen molar-refractivity contribution in [2.24, 2.45) is 0 Å². The van der Waals surface area contributed by atoms with Gasteiger partial charge in [0.05, 0.1) is 6.04 Å². The van der Waals surface area contributed by atoms with E-state index in [1.165, 1.54) is 41.3 Å². The number of halogens is 3. The van der Waals surface area contributed by atoms with Crippen molar-refractivity contribution in [3.05, 3.63) is 99.5 Å². The number of amides is 2. The van der Waals surface area contributed by atoms with Crippen LogP contribution in [0.5, 0.6) is 0 Å². The summed E-state index contributed by atoms with van der Waals surface area (Å²) >= 11 is 3.43. The fourth-order valence-corrected chi connectivity index (χ4v) is 3.81. The Morgan fingerprint density at radius 3 is 2.24 bits per heavy atom. The van der Waals surface area contributed by atoms with Crippen LogP contribution in [0.1, 0.15) is 27.5 Å². The highest BCUT2D eigenvalue weighted by atomic mass is 79.9. The Balaban J connectivity index is 1.88. The molecular weight excluding hydrogens is 442 g/mol. The SMILES string of the molecule is O=C1CN(C(=O)c2ccc(F)cc2)C(c2ccc(F)cc2)c2cc(Br)ccc2N1. The standard InChI is InChI=1S/C22H15BrF2N2O2/c23-15-5-10-19-18(11-15)21(13-1-6-16(24)7-2-13)27(12-20(28)26-19)22(29)14-3-8-17(25)9-4-14/h1-11,21H,12H2,(H,26,28). The van der Waals surface area contributed by atoms with Crippen LogP contribution in [0, 0.1) is 11.6 Å². The van der Waals surface area contributed by atoms with E-state index in [2.05, 4.69) is 21.2 Å². The zero-order valence-electron chi connectivity index (χ0n) is 15.0. The van der Waals surface area contributed by atoms with Crippen LogP contribution < -0.4 is 5.32 Å². The molecule has 3 aromatic rings. The number of carbonyl (C=O) groups excluding carboxylic acids is 2. The van der Waals surface area contributed by atoms with Crippen LogP contribution >= 0.6 is 15.9 Å². The molecule has 1 unspecified atom stereocenters. The van der Waals surface area contributed by atoms with Crippen LogP contribution in [0.2, 0.25) is 0 Å². The molecule has 0 saturated carbocycles. The quantitative estimate of drug-likeness (QED) is 0.595. The first-order valence-corrected chi connectivity index (χ1v) is 9.63. The molecule has 1 aliphatic rings. The topological polar surface area (TPSA) is 49.4 Å². The van der Waals surface area contributed by atoms with Crippen molar-refractivity contribution in [3.8, 4) is 0 Å². The average Bonchev–Trinajstić information content (AvgIpc) is 2.84. The Bertz CT molecular complexity index is 1080. The first-order chi connectivity index (χ1) is 13.9. The van der Waals surface area contributed by atoms with Crippen LogP contribution in [0.25, 0.3) is 0 Å². The van der Waals surface area contributed by atoms with Crippen molar-refractivity contribution >= 4 is 33.4 Å². The molecule has 0 spiro atoms. The summed E-state index contributed by atoms with van der Waals surface area (Å²) in [6, 6.07) is 15.7. The van der Waals surface area contributed by atoms with Gasteiger partial charge in [-0.25, -0.2) is 8.78 Å². The number of hydrogen-bond acceptors (Lipinski definition) is 2. The maximum absolute atomic E-state index is 13.5. The van der Waals surface area contributed by atoms with Gasteiger partial charge in [0.1, 0.15) is 18.2 Å². The Hall–Kier alpha value is -3.06. The second-order valence-electron chi connectivity index (χ2n) is 6.67. The highest BCUT2D eigenvalue weighted by molar-refractivity contribution is 9.10. The molecule has 0 radical (unpaired) electrons. The molecule has 0 fully saturated rings. The van der Waals surface area contributed by atoms with E-state index in [-0.39, 0.29) is 18.0 Å². The van der Waals surface area contributed by atoms with Crippen molar-refractivity contribution < 1.29 is 18.4 Å². The van der Waals surface area contributed by atoms with E-state index in [9.17, 15) is 18.4 Å². The van der Waals surface area contributed by atoms with Gasteiger partial charge < -0.3 is 10.2 Å². The lowest BCUT2D eigenvalue weighted by Gasteiger charge is -2.30. The third kappa shape index (κ3) is 3.91. The van der Waals surface area contributed by atoms with Crippen molar-refractivity contribution in [1.29, 1.82) is 0 Å². The molecule has 0 bridgehead atoms. The monoisotopic (exact) mass is 456 g/mol. The minimum atomic E-state index is -0.639. The van der Waals surface area contributed by atoms with Crippen molar-refractivity contribution in [1.82, 2.24) is 4.90 Å². The van der Waals surface area contributed by atoms with Crippen LogP contribution in [0.3, 0.4) is 0 Å². The van der Waals surface area contributed by atoms with Crippen LogP contribution in [0.15, 0.2) is 71.2 Å². The molecule has 29 heavy (non-hydrogen) atoms. The summed E-state index contributed by atoms with van der Waals surface area (Å²) in [4.78, 5) is 27.2.